The van der Waals surface area contributed by atoms with Crippen LogP contribution in [0.2, 0.25) is 5.02 Å². The molecule has 0 aromatic carbocycles. The van der Waals surface area contributed by atoms with Crippen LogP contribution >= 0.6 is 24.0 Å². The first kappa shape index (κ1) is 13.6. The Labute approximate surface area is 105 Å². The number of halogens is 2. The van der Waals surface area contributed by atoms with E-state index in [1.807, 2.05) is 0 Å². The Morgan fingerprint density at radius 1 is 1.38 bits per heavy atom. The third kappa shape index (κ3) is 2.63. The summed E-state index contributed by atoms with van der Waals surface area (Å²) in [5, 5.41) is 2.77. The van der Waals surface area contributed by atoms with Crippen LogP contribution in [0.3, 0.4) is 0 Å². The summed E-state index contributed by atoms with van der Waals surface area (Å²) in [6, 6.07) is 0. The van der Waals surface area contributed by atoms with Gasteiger partial charge < -0.3 is 5.32 Å². The fourth-order valence-corrected chi connectivity index (χ4v) is 3.05. The fourth-order valence-electron chi connectivity index (χ4n) is 1.49. The zero-order valence-electron chi connectivity index (χ0n) is 8.26. The van der Waals surface area contributed by atoms with E-state index in [2.05, 4.69) is 15.3 Å². The van der Waals surface area contributed by atoms with E-state index in [9.17, 15) is 8.42 Å². The van der Waals surface area contributed by atoms with Crippen molar-refractivity contribution in [1.29, 1.82) is 0 Å². The number of hydrogen-bond donors (Lipinski definition) is 1. The molecule has 0 spiro atoms. The Bertz CT molecular complexity index is 443. The van der Waals surface area contributed by atoms with E-state index < -0.39 is 15.1 Å². The number of nitrogens with zero attached hydrogens (tertiary/aromatic N) is 2. The highest BCUT2D eigenvalue weighted by atomic mass is 35.5. The lowest BCUT2D eigenvalue weighted by molar-refractivity contribution is 0.573. The molecule has 2 rings (SSSR count). The van der Waals surface area contributed by atoms with Gasteiger partial charge in [-0.3, -0.25) is 0 Å². The lowest BCUT2D eigenvalue weighted by Crippen LogP contribution is -2.25. The Hall–Kier alpha value is -0.430. The summed E-state index contributed by atoms with van der Waals surface area (Å²) in [5.74, 6) is 0. The minimum Gasteiger partial charge on any atom is -0.315 e. The Kier molecular flexibility index (Phi) is 4.49. The highest BCUT2D eigenvalue weighted by Gasteiger charge is 2.32. The molecule has 0 bridgehead atoms. The van der Waals surface area contributed by atoms with Gasteiger partial charge in [-0.05, 0) is 13.0 Å². The second-order valence-electron chi connectivity index (χ2n) is 3.34. The summed E-state index contributed by atoms with van der Waals surface area (Å²) >= 11 is 5.59. The van der Waals surface area contributed by atoms with Gasteiger partial charge in [0.1, 0.15) is 0 Å². The number of sulfone groups is 1. The molecule has 90 valence electrons. The fraction of sp³-hybridized carbons (Fsp3) is 0.500. The maximum Gasteiger partial charge on any atom is 0.247 e. The van der Waals surface area contributed by atoms with Gasteiger partial charge in [-0.25, -0.2) is 18.4 Å². The summed E-state index contributed by atoms with van der Waals surface area (Å²) < 4.78 is 23.9. The third-order valence-corrected chi connectivity index (χ3v) is 4.50. The van der Waals surface area contributed by atoms with Gasteiger partial charge in [0.25, 0.3) is 0 Å². The van der Waals surface area contributed by atoms with Gasteiger partial charge in [0.2, 0.25) is 15.0 Å². The van der Waals surface area contributed by atoms with Crippen LogP contribution in [-0.4, -0.2) is 36.7 Å². The monoisotopic (exact) mass is 283 g/mol. The summed E-state index contributed by atoms with van der Waals surface area (Å²) in [6.07, 6.45) is 3.20. The Balaban J connectivity index is 0.00000128. The number of rotatable bonds is 2. The standard InChI is InChI=1S/C8H10ClN3O2S.ClH/c9-6-3-11-8(12-4-6)15(13,14)7-1-2-10-5-7;/h3-4,7,10H,1-2,5H2;1H/t7-;/m0./s1. The molecule has 0 aliphatic carbocycles. The summed E-state index contributed by atoms with van der Waals surface area (Å²) in [7, 11) is -3.40. The van der Waals surface area contributed by atoms with Gasteiger partial charge in [-0.15, -0.1) is 12.4 Å². The van der Waals surface area contributed by atoms with Crippen LogP contribution in [0.25, 0.3) is 0 Å². The molecule has 0 saturated carbocycles. The van der Waals surface area contributed by atoms with Gasteiger partial charge in [-0.2, -0.15) is 0 Å². The summed E-state index contributed by atoms with van der Waals surface area (Å²) in [5.41, 5.74) is 0. The maximum atomic E-state index is 11.9. The minimum atomic E-state index is -3.40. The van der Waals surface area contributed by atoms with Crippen LogP contribution in [0.5, 0.6) is 0 Å². The molecule has 1 atom stereocenters. The highest BCUT2D eigenvalue weighted by molar-refractivity contribution is 7.91. The molecule has 8 heteroatoms. The van der Waals surface area contributed by atoms with Gasteiger partial charge in [0.15, 0.2) is 0 Å². The molecule has 1 aliphatic rings. The van der Waals surface area contributed by atoms with Gasteiger partial charge in [0, 0.05) is 6.54 Å². The number of aromatic nitrogens is 2. The van der Waals surface area contributed by atoms with Gasteiger partial charge in [0.05, 0.1) is 22.7 Å². The quantitative estimate of drug-likeness (QED) is 0.809. The molecule has 0 unspecified atom stereocenters. The van der Waals surface area contributed by atoms with E-state index in [4.69, 9.17) is 11.6 Å². The van der Waals surface area contributed by atoms with Crippen molar-refractivity contribution >= 4 is 33.8 Å². The zero-order chi connectivity index (χ0) is 10.9. The van der Waals surface area contributed by atoms with Crippen LogP contribution in [0.15, 0.2) is 17.6 Å². The van der Waals surface area contributed by atoms with Crippen molar-refractivity contribution in [3.05, 3.63) is 17.4 Å². The number of nitrogens with one attached hydrogen (secondary N) is 1. The molecule has 2 heterocycles. The lowest BCUT2D eigenvalue weighted by Gasteiger charge is -2.07. The van der Waals surface area contributed by atoms with Crippen molar-refractivity contribution in [3.63, 3.8) is 0 Å². The van der Waals surface area contributed by atoms with E-state index in [1.54, 1.807) is 0 Å². The van der Waals surface area contributed by atoms with Crippen LogP contribution < -0.4 is 5.32 Å². The van der Waals surface area contributed by atoms with E-state index >= 15 is 0 Å². The summed E-state index contributed by atoms with van der Waals surface area (Å²) in [6.45, 7) is 1.19. The predicted molar refractivity (Wildman–Crippen MR) is 62.8 cm³/mol. The molecule has 1 aliphatic heterocycles. The first-order valence-electron chi connectivity index (χ1n) is 4.53. The smallest absolute Gasteiger partial charge is 0.247 e. The van der Waals surface area contributed by atoms with Crippen molar-refractivity contribution in [2.75, 3.05) is 13.1 Å². The molecule has 1 saturated heterocycles. The molecule has 5 nitrogen and oxygen atoms in total. The average molecular weight is 284 g/mol. The molecule has 1 aromatic rings. The second kappa shape index (κ2) is 5.27. The largest absolute Gasteiger partial charge is 0.315 e. The van der Waals surface area contributed by atoms with Crippen LogP contribution in [0, 0.1) is 0 Å². The number of hydrogen-bond acceptors (Lipinski definition) is 5. The van der Waals surface area contributed by atoms with Crippen molar-refractivity contribution in [2.45, 2.75) is 16.8 Å². The van der Waals surface area contributed by atoms with Crippen molar-refractivity contribution in [3.8, 4) is 0 Å². The minimum absolute atomic E-state index is 0. The molecule has 1 aromatic heterocycles. The molecular formula is C8H11Cl2N3O2S. The van der Waals surface area contributed by atoms with Crippen LogP contribution in [-0.2, 0) is 9.84 Å². The third-order valence-electron chi connectivity index (χ3n) is 2.31. The Morgan fingerprint density at radius 2 is 2.00 bits per heavy atom. The maximum absolute atomic E-state index is 11.9. The van der Waals surface area contributed by atoms with E-state index in [1.165, 1.54) is 12.4 Å². The lowest BCUT2D eigenvalue weighted by atomic mass is 10.4. The molecule has 0 radical (unpaired) electrons. The van der Waals surface area contributed by atoms with Gasteiger partial charge >= 0.3 is 0 Å². The second-order valence-corrected chi connectivity index (χ2v) is 5.90. The first-order chi connectivity index (χ1) is 7.10. The van der Waals surface area contributed by atoms with Crippen molar-refractivity contribution in [2.24, 2.45) is 0 Å². The van der Waals surface area contributed by atoms with Crippen molar-refractivity contribution < 1.29 is 8.42 Å². The molecule has 16 heavy (non-hydrogen) atoms. The Morgan fingerprint density at radius 3 is 2.50 bits per heavy atom. The zero-order valence-corrected chi connectivity index (χ0v) is 10.6. The molecule has 1 fully saturated rings. The topological polar surface area (TPSA) is 72.0 Å². The van der Waals surface area contributed by atoms with Gasteiger partial charge in [-0.1, -0.05) is 11.6 Å². The normalized spacial score (nSPS) is 20.4. The average Bonchev–Trinajstić information content (AvgIpc) is 2.71. The summed E-state index contributed by atoms with van der Waals surface area (Å²) in [4.78, 5) is 7.47. The van der Waals surface area contributed by atoms with Crippen LogP contribution in [0.4, 0.5) is 0 Å². The molecular weight excluding hydrogens is 273 g/mol. The predicted octanol–water partition coefficient (Wildman–Crippen LogP) is 0.687. The highest BCUT2D eigenvalue weighted by Crippen LogP contribution is 2.17. The van der Waals surface area contributed by atoms with E-state index in [0.29, 0.717) is 18.0 Å². The first-order valence-corrected chi connectivity index (χ1v) is 6.45. The molecule has 1 N–H and O–H groups in total. The van der Waals surface area contributed by atoms with Crippen LogP contribution in [0.1, 0.15) is 6.42 Å². The molecule has 0 amide bonds. The van der Waals surface area contributed by atoms with Crippen molar-refractivity contribution in [1.82, 2.24) is 15.3 Å². The SMILES string of the molecule is Cl.O=S(=O)(c1ncc(Cl)cn1)[C@H]1CCNC1. The van der Waals surface area contributed by atoms with E-state index in [-0.39, 0.29) is 17.6 Å². The van der Waals surface area contributed by atoms with E-state index in [0.717, 1.165) is 6.54 Å².